The molecule has 154 valence electrons. The highest BCUT2D eigenvalue weighted by molar-refractivity contribution is 6.04. The molecular weight excluding hydrogens is 376 g/mol. The summed E-state index contributed by atoms with van der Waals surface area (Å²) in [6, 6.07) is 6.35. The van der Waals surface area contributed by atoms with Crippen molar-refractivity contribution in [2.75, 3.05) is 17.7 Å². The topological polar surface area (TPSA) is 111 Å². The number of rotatable bonds is 7. The van der Waals surface area contributed by atoms with Crippen LogP contribution in [0.5, 0.6) is 0 Å². The van der Waals surface area contributed by atoms with Gasteiger partial charge in [0.15, 0.2) is 0 Å². The van der Waals surface area contributed by atoms with Gasteiger partial charge in [-0.25, -0.2) is 9.59 Å². The number of methoxy groups -OCH3 is 1. The molecule has 0 aromatic heterocycles. The Kier molecular flexibility index (Phi) is 8.62. The van der Waals surface area contributed by atoms with Crippen molar-refractivity contribution in [1.82, 2.24) is 0 Å². The predicted molar refractivity (Wildman–Crippen MR) is 107 cm³/mol. The third kappa shape index (κ3) is 8.42. The summed E-state index contributed by atoms with van der Waals surface area (Å²) in [5.74, 6) is -2.12. The van der Waals surface area contributed by atoms with Crippen molar-refractivity contribution in [3.63, 3.8) is 0 Å². The zero-order valence-electron chi connectivity index (χ0n) is 16.2. The van der Waals surface area contributed by atoms with Gasteiger partial charge in [0.25, 0.3) is 0 Å². The molecule has 0 saturated heterocycles. The number of hydrogen-bond acceptors (Lipinski definition) is 6. The van der Waals surface area contributed by atoms with Crippen LogP contribution in [-0.4, -0.2) is 37.0 Å². The van der Waals surface area contributed by atoms with Crippen LogP contribution in [-0.2, 0) is 28.7 Å². The van der Waals surface area contributed by atoms with Crippen LogP contribution in [0.1, 0.15) is 32.1 Å². The zero-order valence-corrected chi connectivity index (χ0v) is 16.2. The molecule has 0 bridgehead atoms. The van der Waals surface area contributed by atoms with Gasteiger partial charge in [0.1, 0.15) is 6.10 Å². The number of carbonyl (C=O) groups excluding carboxylic acids is 4. The lowest BCUT2D eigenvalue weighted by molar-refractivity contribution is -0.144. The molecule has 0 unspecified atom stereocenters. The van der Waals surface area contributed by atoms with Crippen LogP contribution in [0.2, 0.25) is 0 Å². The summed E-state index contributed by atoms with van der Waals surface area (Å²) >= 11 is 0. The largest absolute Gasteiger partial charge is 0.466 e. The molecule has 0 radical (unpaired) electrons. The number of amides is 2. The van der Waals surface area contributed by atoms with E-state index >= 15 is 0 Å². The lowest BCUT2D eigenvalue weighted by Crippen LogP contribution is -2.20. The maximum atomic E-state index is 11.9. The van der Waals surface area contributed by atoms with Gasteiger partial charge >= 0.3 is 11.9 Å². The van der Waals surface area contributed by atoms with Gasteiger partial charge in [-0.05, 0) is 49.9 Å². The molecule has 8 nitrogen and oxygen atoms in total. The van der Waals surface area contributed by atoms with Crippen LogP contribution in [0.15, 0.2) is 48.6 Å². The summed E-state index contributed by atoms with van der Waals surface area (Å²) in [6.45, 7) is 0. The number of ether oxygens (including phenoxy) is 2. The smallest absolute Gasteiger partial charge is 0.331 e. The second kappa shape index (κ2) is 11.4. The third-order valence-electron chi connectivity index (χ3n) is 4.20. The molecule has 0 spiro atoms. The van der Waals surface area contributed by atoms with E-state index in [-0.39, 0.29) is 6.10 Å². The van der Waals surface area contributed by atoms with Crippen LogP contribution in [0, 0.1) is 0 Å². The molecule has 1 saturated carbocycles. The number of esters is 2. The van der Waals surface area contributed by atoms with E-state index in [0.717, 1.165) is 50.0 Å². The summed E-state index contributed by atoms with van der Waals surface area (Å²) < 4.78 is 9.70. The standard InChI is InChI=1S/C21H24N2O6/c1-28-20(26)13-11-18(24)22-15-7-9-16(10-8-15)23-19(25)12-14-21(27)29-17-5-3-2-4-6-17/h7-14,17H,2-6H2,1H3,(H,22,24)(H,23,25)/b13-11-,14-12-. The number of carbonyl (C=O) groups is 4. The molecule has 29 heavy (non-hydrogen) atoms. The fourth-order valence-corrected chi connectivity index (χ4v) is 2.75. The molecule has 0 atom stereocenters. The Morgan fingerprint density at radius 3 is 1.76 bits per heavy atom. The molecule has 8 heteroatoms. The molecule has 0 aliphatic heterocycles. The van der Waals surface area contributed by atoms with Crippen molar-refractivity contribution in [2.45, 2.75) is 38.2 Å². The first-order chi connectivity index (χ1) is 14.0. The van der Waals surface area contributed by atoms with Crippen LogP contribution in [0.3, 0.4) is 0 Å². The molecule has 2 N–H and O–H groups in total. The molecular formula is C21H24N2O6. The number of anilines is 2. The first-order valence-corrected chi connectivity index (χ1v) is 9.33. The second-order valence-electron chi connectivity index (χ2n) is 6.44. The quantitative estimate of drug-likeness (QED) is 0.538. The highest BCUT2D eigenvalue weighted by Gasteiger charge is 2.16. The average molecular weight is 400 g/mol. The Hall–Kier alpha value is -3.42. The summed E-state index contributed by atoms with van der Waals surface area (Å²) in [6.07, 6.45) is 9.26. The molecule has 1 aliphatic rings. The first-order valence-electron chi connectivity index (χ1n) is 9.33. The number of hydrogen-bond donors (Lipinski definition) is 2. The average Bonchev–Trinajstić information content (AvgIpc) is 2.72. The minimum Gasteiger partial charge on any atom is -0.466 e. The Morgan fingerprint density at radius 1 is 0.793 bits per heavy atom. The van der Waals surface area contributed by atoms with Crippen LogP contribution in [0.4, 0.5) is 11.4 Å². The van der Waals surface area contributed by atoms with Crippen molar-refractivity contribution in [3.05, 3.63) is 48.6 Å². The van der Waals surface area contributed by atoms with E-state index in [1.807, 2.05) is 0 Å². The minimum absolute atomic E-state index is 0.0609. The second-order valence-corrected chi connectivity index (χ2v) is 6.44. The van der Waals surface area contributed by atoms with Crippen molar-refractivity contribution < 1.29 is 28.7 Å². The van der Waals surface area contributed by atoms with Gasteiger partial charge in [0.05, 0.1) is 7.11 Å². The summed E-state index contributed by atoms with van der Waals surface area (Å²) in [7, 11) is 1.21. The number of benzene rings is 1. The van der Waals surface area contributed by atoms with Gasteiger partial charge in [0, 0.05) is 35.7 Å². The number of nitrogens with one attached hydrogen (secondary N) is 2. The van der Waals surface area contributed by atoms with Gasteiger partial charge in [0.2, 0.25) is 11.8 Å². The molecule has 1 fully saturated rings. The van der Waals surface area contributed by atoms with Gasteiger partial charge < -0.3 is 20.1 Å². The van der Waals surface area contributed by atoms with Crippen molar-refractivity contribution in [2.24, 2.45) is 0 Å². The maximum Gasteiger partial charge on any atom is 0.331 e. The SMILES string of the molecule is COC(=O)/C=C\C(=O)Nc1ccc(NC(=O)/C=C\C(=O)OC2CCCCC2)cc1. The van der Waals surface area contributed by atoms with Crippen molar-refractivity contribution >= 4 is 35.1 Å². The first kappa shape index (κ1) is 21.9. The van der Waals surface area contributed by atoms with Gasteiger partial charge in [-0.3, -0.25) is 9.59 Å². The van der Waals surface area contributed by atoms with E-state index < -0.39 is 23.8 Å². The molecule has 2 amide bonds. The van der Waals surface area contributed by atoms with E-state index in [0.29, 0.717) is 11.4 Å². The maximum absolute atomic E-state index is 11.9. The van der Waals surface area contributed by atoms with Crippen molar-refractivity contribution in [3.8, 4) is 0 Å². The van der Waals surface area contributed by atoms with Gasteiger partial charge in [-0.1, -0.05) is 6.42 Å². The van der Waals surface area contributed by atoms with E-state index in [9.17, 15) is 19.2 Å². The predicted octanol–water partition coefficient (Wildman–Crippen LogP) is 2.72. The summed E-state index contributed by atoms with van der Waals surface area (Å²) in [5.41, 5.74) is 0.970. The molecule has 1 aromatic carbocycles. The van der Waals surface area contributed by atoms with Crippen LogP contribution < -0.4 is 10.6 Å². The monoisotopic (exact) mass is 400 g/mol. The van der Waals surface area contributed by atoms with Crippen LogP contribution in [0.25, 0.3) is 0 Å². The van der Waals surface area contributed by atoms with E-state index in [2.05, 4.69) is 15.4 Å². The zero-order chi connectivity index (χ0) is 21.1. The van der Waals surface area contributed by atoms with E-state index in [1.54, 1.807) is 24.3 Å². The lowest BCUT2D eigenvalue weighted by Gasteiger charge is -2.20. The van der Waals surface area contributed by atoms with E-state index in [4.69, 9.17) is 4.74 Å². The molecule has 2 rings (SSSR count). The Balaban J connectivity index is 1.78. The normalized spacial score (nSPS) is 14.5. The third-order valence-corrected chi connectivity index (χ3v) is 4.20. The van der Waals surface area contributed by atoms with Gasteiger partial charge in [-0.15, -0.1) is 0 Å². The van der Waals surface area contributed by atoms with Crippen LogP contribution >= 0.6 is 0 Å². The molecule has 1 aromatic rings. The lowest BCUT2D eigenvalue weighted by atomic mass is 9.98. The Bertz CT molecular complexity index is 792. The highest BCUT2D eigenvalue weighted by atomic mass is 16.5. The summed E-state index contributed by atoms with van der Waals surface area (Å²) in [5, 5.41) is 5.17. The Labute approximate surface area is 168 Å². The van der Waals surface area contributed by atoms with Crippen molar-refractivity contribution in [1.29, 1.82) is 0 Å². The van der Waals surface area contributed by atoms with Gasteiger partial charge in [-0.2, -0.15) is 0 Å². The molecule has 0 heterocycles. The minimum atomic E-state index is -0.631. The fraction of sp³-hybridized carbons (Fsp3) is 0.333. The van der Waals surface area contributed by atoms with E-state index in [1.165, 1.54) is 13.5 Å². The fourth-order valence-electron chi connectivity index (χ4n) is 2.75. The highest BCUT2D eigenvalue weighted by Crippen LogP contribution is 2.20. The Morgan fingerprint density at radius 2 is 1.28 bits per heavy atom. The summed E-state index contributed by atoms with van der Waals surface area (Å²) in [4.78, 5) is 46.3. The molecule has 1 aliphatic carbocycles.